The monoisotopic (exact) mass is 837 g/mol. The van der Waals surface area contributed by atoms with Gasteiger partial charge < -0.3 is 25.3 Å². The normalized spacial score (nSPS) is 22.8. The number of nitrogens with zero attached hydrogens (tertiary/aromatic N) is 5. The second-order valence-electron chi connectivity index (χ2n) is 17.1. The van der Waals surface area contributed by atoms with Crippen LogP contribution in [-0.2, 0) is 27.3 Å². The second-order valence-corrected chi connectivity index (χ2v) is 17.1. The van der Waals surface area contributed by atoms with Gasteiger partial charge in [0.1, 0.15) is 11.6 Å². The summed E-state index contributed by atoms with van der Waals surface area (Å²) < 4.78 is 38.4. The number of ether oxygens (including phenoxy) is 1. The zero-order valence-electron chi connectivity index (χ0n) is 35.2. The number of rotatable bonds is 6. The van der Waals surface area contributed by atoms with Crippen LogP contribution in [0.25, 0.3) is 16.6 Å². The Morgan fingerprint density at radius 2 is 1.84 bits per heavy atom. The van der Waals surface area contributed by atoms with Crippen molar-refractivity contribution in [2.75, 3.05) is 38.6 Å². The van der Waals surface area contributed by atoms with Gasteiger partial charge >= 0.3 is 0 Å². The highest BCUT2D eigenvalue weighted by molar-refractivity contribution is 6.19. The minimum absolute atomic E-state index is 0.0310. The van der Waals surface area contributed by atoms with Gasteiger partial charge in [-0.3, -0.25) is 39.8 Å². The van der Waals surface area contributed by atoms with Crippen LogP contribution in [0.2, 0.25) is 0 Å². The van der Waals surface area contributed by atoms with E-state index in [9.17, 15) is 19.2 Å². The summed E-state index contributed by atoms with van der Waals surface area (Å²) in [4.78, 5) is 67.5. The number of anilines is 1. The maximum Gasteiger partial charge on any atom is 0.258 e. The molecule has 0 unspecified atom stereocenters. The van der Waals surface area contributed by atoms with Crippen LogP contribution in [-0.4, -0.2) is 88.3 Å². The summed E-state index contributed by atoms with van der Waals surface area (Å²) in [7, 11) is 1.62. The van der Waals surface area contributed by atoms with E-state index in [1.807, 2.05) is 10.6 Å². The number of imide groups is 1. The lowest BCUT2D eigenvalue weighted by Gasteiger charge is -2.44. The molecule has 3 atom stereocenters. The highest BCUT2D eigenvalue weighted by Crippen LogP contribution is 2.33. The molecule has 14 nitrogen and oxygen atoms in total. The molecule has 0 saturated carbocycles. The predicted molar refractivity (Wildman–Crippen MR) is 228 cm³/mol. The average Bonchev–Trinajstić information content (AvgIpc) is 3.54. The highest BCUT2D eigenvalue weighted by atomic mass is 19.1. The van der Waals surface area contributed by atoms with E-state index in [0.29, 0.717) is 102 Å². The number of amides is 4. The number of halogens is 2. The van der Waals surface area contributed by atoms with Gasteiger partial charge in [0.15, 0.2) is 0 Å². The van der Waals surface area contributed by atoms with Crippen molar-refractivity contribution in [3.05, 3.63) is 93.9 Å². The number of carbonyl (C=O) groups excluding carboxylic acids is 4. The third-order valence-corrected chi connectivity index (χ3v) is 12.0. The van der Waals surface area contributed by atoms with Crippen LogP contribution < -0.4 is 21.7 Å². The fourth-order valence-corrected chi connectivity index (χ4v) is 8.73. The fourth-order valence-electron chi connectivity index (χ4n) is 8.73. The standard InChI is InChI=1S/C45H53F2N9O5/c1-25-7-6-16-61-43(49-5)31(22-48)35-20-29(17-26(2)50-35)41(59)54-44-51-34-10-8-28(21-36(34)56(44)23-25)40(58)52-37-13-15-55(24-45(37,3)4)14-12-27-18-32(46)39(33(47)19-27)30-9-11-38(57)53-42(30)60/h8,10,17-22,25,30,37H,6-7,9,11-16,23-24,48H2,1-5H3,(H,52,58)(H,51,54,59)(H,53,57,60)/t25-,30-,37+/m1/s1. The molecule has 4 aromatic rings. The molecule has 3 aliphatic heterocycles. The van der Waals surface area contributed by atoms with Gasteiger partial charge in [-0.05, 0) is 98.4 Å². The number of hydrogen-bond acceptors (Lipinski definition) is 10. The molecule has 0 radical (unpaired) electrons. The third kappa shape index (κ3) is 9.48. The van der Waals surface area contributed by atoms with Crippen LogP contribution in [0.3, 0.4) is 0 Å². The molecule has 4 amide bonds. The molecule has 0 aliphatic carbocycles. The molecule has 2 aromatic carbocycles. The van der Waals surface area contributed by atoms with Crippen molar-refractivity contribution in [3.63, 3.8) is 0 Å². The van der Waals surface area contributed by atoms with Gasteiger partial charge in [0.25, 0.3) is 11.8 Å². The van der Waals surface area contributed by atoms with Crippen LogP contribution in [0.4, 0.5) is 14.7 Å². The lowest BCUT2D eigenvalue weighted by Crippen LogP contribution is -2.55. The Balaban J connectivity index is 1.04. The van der Waals surface area contributed by atoms with Crippen molar-refractivity contribution in [1.29, 1.82) is 0 Å². The smallest absolute Gasteiger partial charge is 0.258 e. The number of piperidine rings is 2. The Morgan fingerprint density at radius 1 is 1.07 bits per heavy atom. The molecule has 7 rings (SSSR count). The van der Waals surface area contributed by atoms with E-state index in [1.54, 1.807) is 38.2 Å². The SMILES string of the molecule is CN=C1OCCC[C@@H](C)Cn2c(nc3ccc(C(=O)N[C@H]4CCN(CCc5cc(F)c([C@H]6CCC(=O)NC6=O)c(F)c5)CC4(C)C)cc32)NC(=O)c2cc(C)nc(c2)C1=CN. The van der Waals surface area contributed by atoms with Gasteiger partial charge in [-0.15, -0.1) is 0 Å². The zero-order chi connectivity index (χ0) is 43.6. The Hall–Kier alpha value is -6.03. The maximum absolute atomic E-state index is 15.2. The van der Waals surface area contributed by atoms with E-state index in [2.05, 4.69) is 51.6 Å². The van der Waals surface area contributed by atoms with Gasteiger partial charge in [-0.25, -0.2) is 13.8 Å². The van der Waals surface area contributed by atoms with Crippen molar-refractivity contribution in [3.8, 4) is 0 Å². The lowest BCUT2D eigenvalue weighted by atomic mass is 9.78. The van der Waals surface area contributed by atoms with Crippen LogP contribution in [0, 0.1) is 29.9 Å². The lowest BCUT2D eigenvalue weighted by molar-refractivity contribution is -0.134. The first kappa shape index (κ1) is 43.1. The Bertz CT molecular complexity index is 2420. The minimum Gasteiger partial charge on any atom is -0.477 e. The molecule has 2 fully saturated rings. The molecule has 5 heterocycles. The minimum atomic E-state index is -1.04. The third-order valence-electron chi connectivity index (χ3n) is 12.0. The van der Waals surface area contributed by atoms with Crippen molar-refractivity contribution < 1.29 is 32.7 Å². The Morgan fingerprint density at radius 3 is 2.54 bits per heavy atom. The molecule has 0 spiro atoms. The zero-order valence-corrected chi connectivity index (χ0v) is 35.2. The molecule has 5 N–H and O–H groups in total. The molecule has 322 valence electrons. The second kappa shape index (κ2) is 17.9. The molecule has 3 aliphatic rings. The van der Waals surface area contributed by atoms with Crippen molar-refractivity contribution in [1.82, 2.24) is 30.1 Å². The van der Waals surface area contributed by atoms with E-state index in [4.69, 9.17) is 15.5 Å². The summed E-state index contributed by atoms with van der Waals surface area (Å²) in [6.45, 7) is 10.9. The summed E-state index contributed by atoms with van der Waals surface area (Å²) in [5, 5.41) is 8.45. The number of imidazole rings is 1. The number of fused-ring (bicyclic) bond motifs is 5. The molecule has 2 saturated heterocycles. The van der Waals surface area contributed by atoms with Gasteiger partial charge in [0.05, 0.1) is 34.8 Å². The summed E-state index contributed by atoms with van der Waals surface area (Å²) in [6, 6.07) is 11.1. The predicted octanol–water partition coefficient (Wildman–Crippen LogP) is 5.64. The van der Waals surface area contributed by atoms with Crippen LogP contribution in [0.15, 0.2) is 53.7 Å². The van der Waals surface area contributed by atoms with Crippen molar-refractivity contribution >= 4 is 52.1 Å². The first-order valence-electron chi connectivity index (χ1n) is 20.8. The van der Waals surface area contributed by atoms with E-state index in [0.717, 1.165) is 12.8 Å². The quantitative estimate of drug-likeness (QED) is 0.179. The topological polar surface area (TPSA) is 186 Å². The van der Waals surface area contributed by atoms with Crippen molar-refractivity contribution in [2.45, 2.75) is 84.7 Å². The number of aryl methyl sites for hydroxylation is 1. The Labute approximate surface area is 353 Å². The van der Waals surface area contributed by atoms with Crippen LogP contribution >= 0.6 is 0 Å². The largest absolute Gasteiger partial charge is 0.477 e. The van der Waals surface area contributed by atoms with E-state index in [1.165, 1.54) is 18.3 Å². The Kier molecular flexibility index (Phi) is 12.6. The summed E-state index contributed by atoms with van der Waals surface area (Å²) in [6.07, 6.45) is 4.07. The van der Waals surface area contributed by atoms with Crippen LogP contribution in [0.5, 0.6) is 0 Å². The first-order chi connectivity index (χ1) is 29.1. The average molecular weight is 838 g/mol. The van der Waals surface area contributed by atoms with E-state index in [-0.39, 0.29) is 47.6 Å². The number of carbonyl (C=O) groups is 4. The van der Waals surface area contributed by atoms with Gasteiger partial charge in [0.2, 0.25) is 23.7 Å². The number of likely N-dealkylation sites (tertiary alicyclic amines) is 1. The molecular formula is C45H53F2N9O5. The summed E-state index contributed by atoms with van der Waals surface area (Å²) >= 11 is 0. The highest BCUT2D eigenvalue weighted by Gasteiger charge is 2.37. The van der Waals surface area contributed by atoms with Crippen LogP contribution in [0.1, 0.15) is 102 Å². The number of nitrogens with one attached hydrogen (secondary N) is 3. The molecule has 16 heteroatoms. The summed E-state index contributed by atoms with van der Waals surface area (Å²) in [5.74, 6) is -3.50. The number of aliphatic imine (C=N–C) groups is 1. The van der Waals surface area contributed by atoms with Gasteiger partial charge in [-0.2, -0.15) is 0 Å². The number of benzene rings is 2. The number of aromatic nitrogens is 3. The number of pyridine rings is 1. The molecular weight excluding hydrogens is 785 g/mol. The molecule has 61 heavy (non-hydrogen) atoms. The molecule has 2 aromatic heterocycles. The fraction of sp³-hybridized carbons (Fsp3) is 0.444. The van der Waals surface area contributed by atoms with Gasteiger partial charge in [-0.1, -0.05) is 20.8 Å². The first-order valence-corrected chi connectivity index (χ1v) is 20.8. The number of hydrogen-bond donors (Lipinski definition) is 4. The summed E-state index contributed by atoms with van der Waals surface area (Å²) in [5.41, 5.74) is 9.57. The van der Waals surface area contributed by atoms with E-state index < -0.39 is 29.4 Å². The maximum atomic E-state index is 15.2. The molecule has 2 bridgehead atoms. The van der Waals surface area contributed by atoms with E-state index >= 15 is 8.78 Å². The number of nitrogens with two attached hydrogens (primary N) is 1. The van der Waals surface area contributed by atoms with Crippen molar-refractivity contribution in [2.24, 2.45) is 22.1 Å². The van der Waals surface area contributed by atoms with Gasteiger partial charge in [0, 0.05) is 74.3 Å².